The molecule has 1 saturated heterocycles. The summed E-state index contributed by atoms with van der Waals surface area (Å²) >= 11 is 1.80. The normalized spacial score (nSPS) is 16.9. The zero-order chi connectivity index (χ0) is 17.8. The number of para-hydroxylation sites is 1. The van der Waals surface area contributed by atoms with Crippen molar-refractivity contribution in [3.05, 3.63) is 47.7 Å². The molecule has 1 fully saturated rings. The predicted octanol–water partition coefficient (Wildman–Crippen LogP) is 2.52. The van der Waals surface area contributed by atoms with Crippen LogP contribution in [0.15, 0.2) is 42.7 Å². The molecule has 2 N–H and O–H groups in total. The van der Waals surface area contributed by atoms with Gasteiger partial charge in [-0.15, -0.1) is 11.3 Å². The zero-order valence-corrected chi connectivity index (χ0v) is 15.6. The van der Waals surface area contributed by atoms with Crippen LogP contribution in [0.2, 0.25) is 0 Å². The maximum Gasteiger partial charge on any atom is 0.225 e. The van der Waals surface area contributed by atoms with E-state index in [4.69, 9.17) is 10.7 Å². The van der Waals surface area contributed by atoms with Crippen molar-refractivity contribution in [3.8, 4) is 0 Å². The minimum Gasteiger partial charge on any atom is -0.338 e. The van der Waals surface area contributed by atoms with Gasteiger partial charge in [0.15, 0.2) is 0 Å². The van der Waals surface area contributed by atoms with Crippen LogP contribution in [0.25, 0.3) is 10.2 Å². The second kappa shape index (κ2) is 8.07. The number of thiazole rings is 1. The number of fused-ring (bicyclic) bond motifs is 1. The second-order valence-electron chi connectivity index (χ2n) is 6.61. The Balaban J connectivity index is 1.23. The molecule has 26 heavy (non-hydrogen) atoms. The number of aryl methyl sites for hydroxylation is 1. The van der Waals surface area contributed by atoms with Gasteiger partial charge in [0.1, 0.15) is 0 Å². The highest BCUT2D eigenvalue weighted by molar-refractivity contribution is 7.18. The molecule has 1 aliphatic heterocycles. The van der Waals surface area contributed by atoms with Crippen molar-refractivity contribution < 1.29 is 0 Å². The summed E-state index contributed by atoms with van der Waals surface area (Å²) in [5, 5.41) is 1.21. The summed E-state index contributed by atoms with van der Waals surface area (Å²) in [6, 6.07) is 10.2. The molecule has 4 rings (SSSR count). The second-order valence-corrected chi connectivity index (χ2v) is 7.72. The first kappa shape index (κ1) is 17.3. The summed E-state index contributed by atoms with van der Waals surface area (Å²) in [7, 11) is 0. The molecule has 1 unspecified atom stereocenters. The Kier molecular flexibility index (Phi) is 5.38. The van der Waals surface area contributed by atoms with Crippen LogP contribution in [0.1, 0.15) is 17.8 Å². The van der Waals surface area contributed by atoms with Gasteiger partial charge in [-0.05, 0) is 37.5 Å². The molecule has 3 heterocycles. The summed E-state index contributed by atoms with van der Waals surface area (Å²) < 4.78 is 1.27. The lowest BCUT2D eigenvalue weighted by Crippen LogP contribution is -2.53. The number of piperazine rings is 1. The van der Waals surface area contributed by atoms with Crippen molar-refractivity contribution in [2.75, 3.05) is 31.1 Å². The lowest BCUT2D eigenvalue weighted by atomic mass is 10.2. The average Bonchev–Trinajstić information content (AvgIpc) is 3.11. The van der Waals surface area contributed by atoms with Crippen LogP contribution >= 0.6 is 11.3 Å². The molecule has 7 heteroatoms. The highest BCUT2D eigenvalue weighted by atomic mass is 32.1. The molecule has 136 valence electrons. The Morgan fingerprint density at radius 3 is 2.58 bits per heavy atom. The Morgan fingerprint density at radius 2 is 1.81 bits per heavy atom. The lowest BCUT2D eigenvalue weighted by molar-refractivity contribution is 0.177. The van der Waals surface area contributed by atoms with Crippen LogP contribution in [-0.4, -0.2) is 52.2 Å². The monoisotopic (exact) mass is 368 g/mol. The van der Waals surface area contributed by atoms with Crippen LogP contribution in [0.4, 0.5) is 5.95 Å². The molecule has 6 nitrogen and oxygen atoms in total. The maximum atomic E-state index is 6.43. The highest BCUT2D eigenvalue weighted by Crippen LogP contribution is 2.23. The molecule has 1 aliphatic rings. The Morgan fingerprint density at radius 1 is 1.04 bits per heavy atom. The summed E-state index contributed by atoms with van der Waals surface area (Å²) in [5.41, 5.74) is 7.54. The summed E-state index contributed by atoms with van der Waals surface area (Å²) in [6.07, 6.45) is 6.78. The summed E-state index contributed by atoms with van der Waals surface area (Å²) in [5.74, 6) is 0.816. The van der Waals surface area contributed by atoms with E-state index in [1.165, 1.54) is 9.71 Å². The topological polar surface area (TPSA) is 71.2 Å². The SMILES string of the molecule is NC(CCCc1nc2ccccc2s1)N1CCN(c2ncccn2)CC1. The van der Waals surface area contributed by atoms with Crippen molar-refractivity contribution in [2.24, 2.45) is 5.73 Å². The first-order chi connectivity index (χ1) is 12.8. The molecule has 3 aromatic rings. The molecule has 0 amide bonds. The van der Waals surface area contributed by atoms with Gasteiger partial charge in [-0.25, -0.2) is 15.0 Å². The number of nitrogens with zero attached hydrogens (tertiary/aromatic N) is 5. The molecule has 0 spiro atoms. The van der Waals surface area contributed by atoms with E-state index in [0.717, 1.165) is 56.9 Å². The molecule has 1 aromatic carbocycles. The molecule has 1 atom stereocenters. The molecular weight excluding hydrogens is 344 g/mol. The predicted molar refractivity (Wildman–Crippen MR) is 106 cm³/mol. The number of nitrogens with two attached hydrogens (primary N) is 1. The Labute approximate surface area is 157 Å². The summed E-state index contributed by atoms with van der Waals surface area (Å²) in [4.78, 5) is 18.0. The van der Waals surface area contributed by atoms with Crippen LogP contribution in [0.3, 0.4) is 0 Å². The number of hydrogen-bond acceptors (Lipinski definition) is 7. The Hall–Kier alpha value is -2.09. The molecule has 0 bridgehead atoms. The van der Waals surface area contributed by atoms with Crippen LogP contribution < -0.4 is 10.6 Å². The number of rotatable bonds is 6. The van der Waals surface area contributed by atoms with E-state index in [1.807, 2.05) is 12.1 Å². The fraction of sp³-hybridized carbons (Fsp3) is 0.421. The van der Waals surface area contributed by atoms with Crippen LogP contribution in [0.5, 0.6) is 0 Å². The minimum atomic E-state index is 0.114. The number of hydrogen-bond donors (Lipinski definition) is 1. The van der Waals surface area contributed by atoms with E-state index in [-0.39, 0.29) is 6.17 Å². The van der Waals surface area contributed by atoms with Crippen LogP contribution in [0, 0.1) is 0 Å². The van der Waals surface area contributed by atoms with E-state index >= 15 is 0 Å². The number of anilines is 1. The van der Waals surface area contributed by atoms with Crippen molar-refractivity contribution in [1.82, 2.24) is 19.9 Å². The first-order valence-corrected chi connectivity index (χ1v) is 9.97. The smallest absolute Gasteiger partial charge is 0.225 e. The fourth-order valence-electron chi connectivity index (χ4n) is 3.38. The van der Waals surface area contributed by atoms with E-state index in [2.05, 4.69) is 38.0 Å². The number of aromatic nitrogens is 3. The Bertz CT molecular complexity index is 795. The zero-order valence-electron chi connectivity index (χ0n) is 14.8. The van der Waals surface area contributed by atoms with Crippen molar-refractivity contribution in [3.63, 3.8) is 0 Å². The van der Waals surface area contributed by atoms with E-state index in [1.54, 1.807) is 23.7 Å². The highest BCUT2D eigenvalue weighted by Gasteiger charge is 2.22. The third kappa shape index (κ3) is 4.00. The third-order valence-electron chi connectivity index (χ3n) is 4.85. The first-order valence-electron chi connectivity index (χ1n) is 9.15. The quantitative estimate of drug-likeness (QED) is 0.721. The summed E-state index contributed by atoms with van der Waals surface area (Å²) in [6.45, 7) is 3.77. The maximum absolute atomic E-state index is 6.43. The van der Waals surface area contributed by atoms with E-state index in [0.29, 0.717) is 0 Å². The number of benzene rings is 1. The van der Waals surface area contributed by atoms with Gasteiger partial charge in [-0.2, -0.15) is 0 Å². The van der Waals surface area contributed by atoms with Crippen LogP contribution in [-0.2, 0) is 6.42 Å². The van der Waals surface area contributed by atoms with E-state index in [9.17, 15) is 0 Å². The fourth-order valence-corrected chi connectivity index (χ4v) is 4.39. The molecule has 0 radical (unpaired) electrons. The van der Waals surface area contributed by atoms with Gasteiger partial charge >= 0.3 is 0 Å². The van der Waals surface area contributed by atoms with E-state index < -0.39 is 0 Å². The lowest BCUT2D eigenvalue weighted by Gasteiger charge is -2.37. The van der Waals surface area contributed by atoms with Crippen molar-refractivity contribution in [2.45, 2.75) is 25.4 Å². The van der Waals surface area contributed by atoms with Crippen molar-refractivity contribution >= 4 is 27.5 Å². The molecular formula is C19H24N6S. The largest absolute Gasteiger partial charge is 0.338 e. The van der Waals surface area contributed by atoms with Gasteiger partial charge in [-0.1, -0.05) is 12.1 Å². The molecule has 2 aromatic heterocycles. The molecule has 0 aliphatic carbocycles. The van der Waals surface area contributed by atoms with Gasteiger partial charge in [0, 0.05) is 38.6 Å². The minimum absolute atomic E-state index is 0.114. The van der Waals surface area contributed by atoms with Gasteiger partial charge in [0.2, 0.25) is 5.95 Å². The molecule has 0 saturated carbocycles. The standard InChI is InChI=1S/C19H24N6S/c20-17(7-3-8-18-23-15-5-1-2-6-16(15)26-18)24-11-13-25(14-12-24)19-21-9-4-10-22-19/h1-2,4-6,9-10,17H,3,7-8,11-14,20H2. The van der Waals surface area contributed by atoms with Gasteiger partial charge < -0.3 is 10.6 Å². The van der Waals surface area contributed by atoms with Crippen molar-refractivity contribution in [1.29, 1.82) is 0 Å². The van der Waals surface area contributed by atoms with Gasteiger partial charge in [0.25, 0.3) is 0 Å². The van der Waals surface area contributed by atoms with Gasteiger partial charge in [0.05, 0.1) is 21.4 Å². The third-order valence-corrected chi connectivity index (χ3v) is 5.94. The van der Waals surface area contributed by atoms with Gasteiger partial charge in [-0.3, -0.25) is 4.90 Å². The average molecular weight is 369 g/mol.